The number of likely N-dealkylation sites (N-methyl/N-ethyl adjacent to an activating group) is 1. The van der Waals surface area contributed by atoms with Crippen LogP contribution in [0.1, 0.15) is 28.9 Å². The maximum atomic E-state index is 11.4. The molecule has 0 spiro atoms. The molecule has 1 atom stereocenters. The van der Waals surface area contributed by atoms with Gasteiger partial charge in [0.05, 0.1) is 7.11 Å². The number of nitrogens with zero attached hydrogens (tertiary/aromatic N) is 2. The highest BCUT2D eigenvalue weighted by atomic mass is 35.5. The molecule has 0 saturated carbocycles. The first kappa shape index (κ1) is 14.6. The van der Waals surface area contributed by atoms with Crippen molar-refractivity contribution in [2.75, 3.05) is 32.6 Å². The molecule has 0 radical (unpaired) electrons. The van der Waals surface area contributed by atoms with Gasteiger partial charge in [-0.2, -0.15) is 0 Å². The topological polar surface area (TPSA) is 54.5 Å². The highest BCUT2D eigenvalue weighted by molar-refractivity contribution is 7.18. The lowest BCUT2D eigenvalue weighted by Crippen LogP contribution is -2.40. The van der Waals surface area contributed by atoms with Crippen molar-refractivity contribution in [3.05, 3.63) is 10.0 Å². The minimum absolute atomic E-state index is 0.205. The molecule has 0 aromatic carbocycles. The fraction of sp³-hybridized carbons (Fsp3) is 0.667. The lowest BCUT2D eigenvalue weighted by molar-refractivity contribution is 0.0606. The second-order valence-corrected chi connectivity index (χ2v) is 6.00. The van der Waals surface area contributed by atoms with Crippen molar-refractivity contribution < 1.29 is 9.53 Å². The Morgan fingerprint density at radius 3 is 3.11 bits per heavy atom. The van der Waals surface area contributed by atoms with Crippen LogP contribution in [0.15, 0.2) is 0 Å². The predicted octanol–water partition coefficient (Wildman–Crippen LogP) is 2.48. The number of anilines is 1. The Kier molecular flexibility index (Phi) is 5.01. The number of rotatable bonds is 4. The molecule has 1 aliphatic rings. The number of methoxy groups -OCH3 is 1. The van der Waals surface area contributed by atoms with E-state index in [4.69, 9.17) is 11.6 Å². The lowest BCUT2D eigenvalue weighted by Gasteiger charge is -2.32. The number of nitrogens with one attached hydrogen (secondary N) is 1. The number of hydrogen-bond donors (Lipinski definition) is 1. The van der Waals surface area contributed by atoms with E-state index < -0.39 is 5.97 Å². The summed E-state index contributed by atoms with van der Waals surface area (Å²) < 4.78 is 4.65. The highest BCUT2D eigenvalue weighted by Crippen LogP contribution is 2.27. The number of aromatic nitrogens is 1. The Balaban J connectivity index is 1.94. The molecule has 2 heterocycles. The van der Waals surface area contributed by atoms with Crippen molar-refractivity contribution in [1.29, 1.82) is 0 Å². The van der Waals surface area contributed by atoms with Crippen LogP contribution in [0.2, 0.25) is 5.15 Å². The minimum Gasteiger partial charge on any atom is -0.465 e. The number of halogens is 1. The summed E-state index contributed by atoms with van der Waals surface area (Å²) in [6, 6.07) is 0.512. The van der Waals surface area contributed by atoms with Crippen LogP contribution in [0.5, 0.6) is 0 Å². The standard InChI is InChI=1S/C12H18ClN3O2S/c1-16-6-4-3-5-8(16)7-14-12-15-10(13)9(19-12)11(17)18-2/h8H,3-7H2,1-2H3,(H,14,15). The van der Waals surface area contributed by atoms with E-state index >= 15 is 0 Å². The average molecular weight is 304 g/mol. The number of carbonyl (C=O) groups is 1. The van der Waals surface area contributed by atoms with Crippen LogP contribution in [0.25, 0.3) is 0 Å². The van der Waals surface area contributed by atoms with Crippen molar-refractivity contribution in [3.63, 3.8) is 0 Å². The lowest BCUT2D eigenvalue weighted by atomic mass is 10.0. The molecule has 19 heavy (non-hydrogen) atoms. The van der Waals surface area contributed by atoms with Gasteiger partial charge in [-0.05, 0) is 26.4 Å². The summed E-state index contributed by atoms with van der Waals surface area (Å²) in [5, 5.41) is 4.13. The summed E-state index contributed by atoms with van der Waals surface area (Å²) in [6.45, 7) is 1.96. The maximum Gasteiger partial charge on any atom is 0.351 e. The minimum atomic E-state index is -0.440. The van der Waals surface area contributed by atoms with Crippen LogP contribution in [0.3, 0.4) is 0 Å². The molecule has 0 amide bonds. The number of likely N-dealkylation sites (tertiary alicyclic amines) is 1. The predicted molar refractivity (Wildman–Crippen MR) is 77.2 cm³/mol. The number of hydrogen-bond acceptors (Lipinski definition) is 6. The SMILES string of the molecule is COC(=O)c1sc(NCC2CCCCN2C)nc1Cl. The zero-order chi connectivity index (χ0) is 13.8. The first-order valence-corrected chi connectivity index (χ1v) is 7.50. The van der Waals surface area contributed by atoms with Crippen molar-refractivity contribution in [2.24, 2.45) is 0 Å². The summed E-state index contributed by atoms with van der Waals surface area (Å²) in [6.07, 6.45) is 3.72. The third kappa shape index (κ3) is 3.58. The van der Waals surface area contributed by atoms with Gasteiger partial charge < -0.3 is 15.0 Å². The molecule has 1 N–H and O–H groups in total. The molecule has 1 aromatic rings. The van der Waals surface area contributed by atoms with Crippen molar-refractivity contribution in [1.82, 2.24) is 9.88 Å². The van der Waals surface area contributed by atoms with Gasteiger partial charge in [0.2, 0.25) is 0 Å². The maximum absolute atomic E-state index is 11.4. The van der Waals surface area contributed by atoms with Crippen LogP contribution in [0, 0.1) is 0 Å². The smallest absolute Gasteiger partial charge is 0.351 e. The number of thiazole rings is 1. The Bertz CT molecular complexity index is 452. The van der Waals surface area contributed by atoms with Gasteiger partial charge in [-0.1, -0.05) is 29.4 Å². The van der Waals surface area contributed by atoms with Gasteiger partial charge in [-0.25, -0.2) is 9.78 Å². The van der Waals surface area contributed by atoms with E-state index in [-0.39, 0.29) is 5.15 Å². The van der Waals surface area contributed by atoms with Crippen LogP contribution in [-0.4, -0.2) is 49.1 Å². The van der Waals surface area contributed by atoms with E-state index in [2.05, 4.69) is 27.0 Å². The Morgan fingerprint density at radius 2 is 2.42 bits per heavy atom. The van der Waals surface area contributed by atoms with E-state index in [1.165, 1.54) is 37.7 Å². The van der Waals surface area contributed by atoms with Crippen LogP contribution >= 0.6 is 22.9 Å². The summed E-state index contributed by atoms with van der Waals surface area (Å²) in [7, 11) is 3.47. The molecule has 1 aliphatic heterocycles. The Hall–Kier alpha value is -0.850. The van der Waals surface area contributed by atoms with Gasteiger partial charge >= 0.3 is 5.97 Å². The third-order valence-corrected chi connectivity index (χ3v) is 4.75. The summed E-state index contributed by atoms with van der Waals surface area (Å²) >= 11 is 7.15. The van der Waals surface area contributed by atoms with Gasteiger partial charge in [-0.15, -0.1) is 0 Å². The second kappa shape index (κ2) is 6.54. The molecule has 106 valence electrons. The first-order valence-electron chi connectivity index (χ1n) is 6.30. The first-order chi connectivity index (χ1) is 9.11. The molecule has 1 fully saturated rings. The molecule has 0 aliphatic carbocycles. The summed E-state index contributed by atoms with van der Waals surface area (Å²) in [5.41, 5.74) is 0. The van der Waals surface area contributed by atoms with E-state index in [9.17, 15) is 4.79 Å². The second-order valence-electron chi connectivity index (χ2n) is 4.64. The average Bonchev–Trinajstić information content (AvgIpc) is 2.78. The third-order valence-electron chi connectivity index (χ3n) is 3.37. The van der Waals surface area contributed by atoms with E-state index in [0.717, 1.165) is 13.1 Å². The van der Waals surface area contributed by atoms with Gasteiger partial charge in [0.25, 0.3) is 0 Å². The molecule has 1 aromatic heterocycles. The molecule has 1 saturated heterocycles. The molecule has 0 bridgehead atoms. The quantitative estimate of drug-likeness (QED) is 0.866. The monoisotopic (exact) mass is 303 g/mol. The van der Waals surface area contributed by atoms with Crippen LogP contribution < -0.4 is 5.32 Å². The van der Waals surface area contributed by atoms with E-state index in [0.29, 0.717) is 16.1 Å². The zero-order valence-corrected chi connectivity index (χ0v) is 12.7. The number of piperidine rings is 1. The number of esters is 1. The van der Waals surface area contributed by atoms with Crippen LogP contribution in [-0.2, 0) is 4.74 Å². The molecule has 7 heteroatoms. The van der Waals surface area contributed by atoms with E-state index in [1.807, 2.05) is 0 Å². The largest absolute Gasteiger partial charge is 0.465 e. The van der Waals surface area contributed by atoms with E-state index in [1.54, 1.807) is 0 Å². The fourth-order valence-corrected chi connectivity index (χ4v) is 3.31. The van der Waals surface area contributed by atoms with Gasteiger partial charge in [0, 0.05) is 12.6 Å². The Morgan fingerprint density at radius 1 is 1.63 bits per heavy atom. The van der Waals surface area contributed by atoms with Crippen molar-refractivity contribution in [2.45, 2.75) is 25.3 Å². The van der Waals surface area contributed by atoms with Gasteiger partial charge in [-0.3, -0.25) is 0 Å². The summed E-state index contributed by atoms with van der Waals surface area (Å²) in [4.78, 5) is 18.3. The number of carbonyl (C=O) groups excluding carboxylic acids is 1. The number of ether oxygens (including phenoxy) is 1. The fourth-order valence-electron chi connectivity index (χ4n) is 2.20. The zero-order valence-electron chi connectivity index (χ0n) is 11.1. The normalized spacial score (nSPS) is 20.3. The molecular weight excluding hydrogens is 286 g/mol. The molecular formula is C12H18ClN3O2S. The van der Waals surface area contributed by atoms with Crippen LogP contribution in [0.4, 0.5) is 5.13 Å². The van der Waals surface area contributed by atoms with Crippen molar-refractivity contribution in [3.8, 4) is 0 Å². The summed E-state index contributed by atoms with van der Waals surface area (Å²) in [5.74, 6) is -0.440. The van der Waals surface area contributed by atoms with Crippen molar-refractivity contribution >= 4 is 34.0 Å². The Labute approximate surface area is 121 Å². The molecule has 2 rings (SSSR count). The molecule has 5 nitrogen and oxygen atoms in total. The molecule has 1 unspecified atom stereocenters. The highest BCUT2D eigenvalue weighted by Gasteiger charge is 2.21. The van der Waals surface area contributed by atoms with Gasteiger partial charge in [0.1, 0.15) is 0 Å². The van der Waals surface area contributed by atoms with Gasteiger partial charge in [0.15, 0.2) is 15.2 Å².